The lowest BCUT2D eigenvalue weighted by Crippen LogP contribution is -2.42. The van der Waals surface area contributed by atoms with Crippen LogP contribution in [0.3, 0.4) is 0 Å². The minimum Gasteiger partial charge on any atom is -0.408 e. The highest BCUT2D eigenvalue weighted by Crippen LogP contribution is 2.23. The lowest BCUT2D eigenvalue weighted by Gasteiger charge is -2.28. The highest BCUT2D eigenvalue weighted by Gasteiger charge is 2.29. The Morgan fingerprint density at radius 1 is 1.25 bits per heavy atom. The Labute approximate surface area is 94.5 Å². The van der Waals surface area contributed by atoms with E-state index in [1.807, 2.05) is 39.0 Å². The van der Waals surface area contributed by atoms with Crippen molar-refractivity contribution >= 4 is 12.3 Å². The third-order valence-electron chi connectivity index (χ3n) is 2.24. The Bertz CT molecular complexity index is 447. The molecule has 4 nitrogen and oxygen atoms in total. The van der Waals surface area contributed by atoms with E-state index >= 15 is 0 Å². The first-order chi connectivity index (χ1) is 7.48. The number of fused-ring (bicyclic) bond motifs is 1. The standard InChI is InChI=1S/C12H14N2O2/c1-12(2,3)14-11(15)16-10-7-5-4-6-9(10)8-13-14/h4-8H,1-3H3. The summed E-state index contributed by atoms with van der Waals surface area (Å²) in [5.74, 6) is 0.544. The minimum absolute atomic E-state index is 0.393. The van der Waals surface area contributed by atoms with E-state index in [0.717, 1.165) is 5.56 Å². The summed E-state index contributed by atoms with van der Waals surface area (Å²) in [5, 5.41) is 5.49. The summed E-state index contributed by atoms with van der Waals surface area (Å²) >= 11 is 0. The normalized spacial score (nSPS) is 15.4. The third-order valence-corrected chi connectivity index (χ3v) is 2.24. The van der Waals surface area contributed by atoms with Crippen molar-refractivity contribution in [3.63, 3.8) is 0 Å². The molecule has 1 aromatic rings. The van der Waals surface area contributed by atoms with Crippen molar-refractivity contribution in [2.24, 2.45) is 5.10 Å². The van der Waals surface area contributed by atoms with Crippen LogP contribution in [0.5, 0.6) is 5.75 Å². The average molecular weight is 218 g/mol. The van der Waals surface area contributed by atoms with Gasteiger partial charge in [-0.05, 0) is 32.9 Å². The zero-order chi connectivity index (χ0) is 11.8. The van der Waals surface area contributed by atoms with Gasteiger partial charge in [-0.1, -0.05) is 12.1 Å². The molecular formula is C12H14N2O2. The average Bonchev–Trinajstić information content (AvgIpc) is 2.34. The van der Waals surface area contributed by atoms with Gasteiger partial charge in [0.1, 0.15) is 5.75 Å². The van der Waals surface area contributed by atoms with Gasteiger partial charge >= 0.3 is 6.09 Å². The molecule has 1 amide bonds. The lowest BCUT2D eigenvalue weighted by molar-refractivity contribution is 0.111. The molecule has 0 spiro atoms. The summed E-state index contributed by atoms with van der Waals surface area (Å²) in [6.07, 6.45) is 1.19. The van der Waals surface area contributed by atoms with E-state index in [0.29, 0.717) is 5.75 Å². The fourth-order valence-electron chi connectivity index (χ4n) is 1.43. The number of hydrogen-bond donors (Lipinski definition) is 0. The lowest BCUT2D eigenvalue weighted by atomic mass is 10.1. The number of rotatable bonds is 0. The Hall–Kier alpha value is -1.84. The number of carbonyl (C=O) groups is 1. The van der Waals surface area contributed by atoms with E-state index in [2.05, 4.69) is 5.10 Å². The summed E-state index contributed by atoms with van der Waals surface area (Å²) < 4.78 is 5.26. The van der Waals surface area contributed by atoms with Crippen LogP contribution < -0.4 is 4.74 Å². The summed E-state index contributed by atoms with van der Waals surface area (Å²) in [4.78, 5) is 11.8. The van der Waals surface area contributed by atoms with Crippen molar-refractivity contribution in [2.45, 2.75) is 26.3 Å². The van der Waals surface area contributed by atoms with Crippen molar-refractivity contribution in [2.75, 3.05) is 0 Å². The van der Waals surface area contributed by atoms with Crippen LogP contribution in [-0.4, -0.2) is 22.9 Å². The van der Waals surface area contributed by atoms with Crippen molar-refractivity contribution in [1.82, 2.24) is 5.01 Å². The largest absolute Gasteiger partial charge is 0.436 e. The van der Waals surface area contributed by atoms with Crippen LogP contribution >= 0.6 is 0 Å². The van der Waals surface area contributed by atoms with E-state index in [-0.39, 0.29) is 0 Å². The van der Waals surface area contributed by atoms with Crippen LogP contribution in [0.25, 0.3) is 0 Å². The predicted molar refractivity (Wildman–Crippen MR) is 61.7 cm³/mol. The van der Waals surface area contributed by atoms with Crippen LogP contribution in [0.2, 0.25) is 0 Å². The molecular weight excluding hydrogens is 204 g/mol. The summed E-state index contributed by atoms with van der Waals surface area (Å²) in [5.41, 5.74) is 0.415. The second kappa shape index (κ2) is 3.63. The fraction of sp³-hybridized carbons (Fsp3) is 0.333. The molecule has 1 aromatic carbocycles. The van der Waals surface area contributed by atoms with E-state index < -0.39 is 11.6 Å². The molecule has 84 valence electrons. The first kappa shape index (κ1) is 10.7. The number of carbonyl (C=O) groups excluding carboxylic acids is 1. The molecule has 0 unspecified atom stereocenters. The molecule has 4 heteroatoms. The van der Waals surface area contributed by atoms with Crippen LogP contribution in [-0.2, 0) is 0 Å². The van der Waals surface area contributed by atoms with Crippen LogP contribution in [0.1, 0.15) is 26.3 Å². The molecule has 1 heterocycles. The fourth-order valence-corrected chi connectivity index (χ4v) is 1.43. The SMILES string of the molecule is CC(C)(C)N1N=Cc2ccccc2OC1=O. The van der Waals surface area contributed by atoms with Crippen LogP contribution in [0.15, 0.2) is 29.4 Å². The Kier molecular flexibility index (Phi) is 2.42. The first-order valence-corrected chi connectivity index (χ1v) is 5.13. The maximum absolute atomic E-state index is 11.8. The number of benzene rings is 1. The number of nitrogens with zero attached hydrogens (tertiary/aromatic N) is 2. The van der Waals surface area contributed by atoms with Gasteiger partial charge in [0.25, 0.3) is 0 Å². The van der Waals surface area contributed by atoms with Gasteiger partial charge in [-0.15, -0.1) is 0 Å². The van der Waals surface area contributed by atoms with Crippen molar-refractivity contribution in [3.05, 3.63) is 29.8 Å². The molecule has 0 bridgehead atoms. The first-order valence-electron chi connectivity index (χ1n) is 5.13. The van der Waals surface area contributed by atoms with Gasteiger partial charge in [0.2, 0.25) is 0 Å². The quantitative estimate of drug-likeness (QED) is 0.671. The number of hydrogen-bond acceptors (Lipinski definition) is 3. The maximum Gasteiger partial charge on any atom is 0.436 e. The minimum atomic E-state index is -0.450. The van der Waals surface area contributed by atoms with Gasteiger partial charge in [0.15, 0.2) is 0 Å². The van der Waals surface area contributed by atoms with E-state index in [1.54, 1.807) is 12.3 Å². The van der Waals surface area contributed by atoms with Gasteiger partial charge in [-0.2, -0.15) is 10.1 Å². The van der Waals surface area contributed by atoms with Gasteiger partial charge in [0, 0.05) is 5.56 Å². The zero-order valence-electron chi connectivity index (χ0n) is 9.60. The molecule has 0 fully saturated rings. The molecule has 1 aliphatic heterocycles. The molecule has 1 aliphatic rings. The van der Waals surface area contributed by atoms with E-state index in [1.165, 1.54) is 5.01 Å². The van der Waals surface area contributed by atoms with Crippen LogP contribution in [0.4, 0.5) is 4.79 Å². The third kappa shape index (κ3) is 1.91. The Balaban J connectivity index is 2.39. The monoisotopic (exact) mass is 218 g/mol. The van der Waals surface area contributed by atoms with E-state index in [9.17, 15) is 4.79 Å². The molecule has 0 radical (unpaired) electrons. The van der Waals surface area contributed by atoms with Gasteiger partial charge in [0.05, 0.1) is 11.8 Å². The van der Waals surface area contributed by atoms with Gasteiger partial charge in [-0.3, -0.25) is 0 Å². The van der Waals surface area contributed by atoms with Crippen molar-refractivity contribution in [1.29, 1.82) is 0 Å². The summed E-state index contributed by atoms with van der Waals surface area (Å²) in [7, 11) is 0. The second-order valence-electron chi connectivity index (χ2n) is 4.63. The number of hydrazone groups is 1. The highest BCUT2D eigenvalue weighted by atomic mass is 16.6. The maximum atomic E-state index is 11.8. The van der Waals surface area contributed by atoms with Crippen molar-refractivity contribution < 1.29 is 9.53 Å². The van der Waals surface area contributed by atoms with Gasteiger partial charge < -0.3 is 4.74 Å². The molecule has 2 rings (SSSR count). The zero-order valence-corrected chi connectivity index (χ0v) is 9.60. The summed E-state index contributed by atoms with van der Waals surface area (Å²) in [6, 6.07) is 7.32. The number of amides is 1. The molecule has 0 saturated heterocycles. The van der Waals surface area contributed by atoms with Crippen LogP contribution in [0, 0.1) is 0 Å². The Morgan fingerprint density at radius 3 is 2.62 bits per heavy atom. The highest BCUT2D eigenvalue weighted by molar-refractivity contribution is 5.88. The molecule has 0 saturated carbocycles. The predicted octanol–water partition coefficient (Wildman–Crippen LogP) is 2.63. The molecule has 0 atom stereocenters. The van der Waals surface area contributed by atoms with E-state index in [4.69, 9.17) is 4.74 Å². The second-order valence-corrected chi connectivity index (χ2v) is 4.63. The molecule has 0 N–H and O–H groups in total. The molecule has 0 aromatic heterocycles. The topological polar surface area (TPSA) is 41.9 Å². The van der Waals surface area contributed by atoms with Crippen molar-refractivity contribution in [3.8, 4) is 5.75 Å². The molecule has 16 heavy (non-hydrogen) atoms. The number of ether oxygens (including phenoxy) is 1. The smallest absolute Gasteiger partial charge is 0.408 e. The number of para-hydroxylation sites is 1. The van der Waals surface area contributed by atoms with Gasteiger partial charge in [-0.25, -0.2) is 4.79 Å². The molecule has 0 aliphatic carbocycles. The summed E-state index contributed by atoms with van der Waals surface area (Å²) in [6.45, 7) is 5.71. The Morgan fingerprint density at radius 2 is 1.94 bits per heavy atom.